The minimum absolute atomic E-state index is 0.00244. The van der Waals surface area contributed by atoms with Crippen molar-refractivity contribution in [2.45, 2.75) is 57.4 Å². The second-order valence-corrected chi connectivity index (χ2v) is 7.81. The number of carbonyl (C=O) groups is 1. The molecule has 1 unspecified atom stereocenters. The molecule has 3 N–H and O–H groups in total. The number of carbonyl (C=O) groups excluding carboxylic acids is 1. The van der Waals surface area contributed by atoms with Crippen molar-refractivity contribution >= 4 is 23.2 Å². The van der Waals surface area contributed by atoms with Crippen LogP contribution >= 0.6 is 11.6 Å². The smallest absolute Gasteiger partial charge is 0.319 e. The maximum absolute atomic E-state index is 12.2. The molecule has 6 nitrogen and oxygen atoms in total. The average molecular weight is 402 g/mol. The molecule has 1 fully saturated rings. The Labute approximate surface area is 169 Å². The summed E-state index contributed by atoms with van der Waals surface area (Å²) in [6.45, 7) is 1.98. The average Bonchev–Trinajstić information content (AvgIpc) is 3.19. The number of aromatic hydroxyl groups is 1. The molecule has 2 aromatic rings. The number of hydrogen-bond acceptors (Lipinski definition) is 4. The summed E-state index contributed by atoms with van der Waals surface area (Å²) in [6, 6.07) is 4.19. The van der Waals surface area contributed by atoms with Crippen LogP contribution in [0.25, 0.3) is 5.57 Å². The van der Waals surface area contributed by atoms with Gasteiger partial charge in [-0.2, -0.15) is 0 Å². The van der Waals surface area contributed by atoms with Crippen LogP contribution in [0.3, 0.4) is 0 Å². The van der Waals surface area contributed by atoms with E-state index in [2.05, 4.69) is 10.6 Å². The van der Waals surface area contributed by atoms with Gasteiger partial charge in [-0.3, -0.25) is 0 Å². The molecule has 0 spiro atoms. The van der Waals surface area contributed by atoms with E-state index >= 15 is 0 Å². The van der Waals surface area contributed by atoms with Crippen molar-refractivity contribution in [1.29, 1.82) is 0 Å². The van der Waals surface area contributed by atoms with Crippen molar-refractivity contribution in [2.24, 2.45) is 0 Å². The van der Waals surface area contributed by atoms with E-state index in [4.69, 9.17) is 21.0 Å². The van der Waals surface area contributed by atoms with Crippen LogP contribution in [0.15, 0.2) is 34.6 Å². The molecule has 0 saturated heterocycles. The first-order chi connectivity index (χ1) is 13.6. The van der Waals surface area contributed by atoms with E-state index in [9.17, 15) is 9.90 Å². The lowest BCUT2D eigenvalue weighted by atomic mass is 9.87. The van der Waals surface area contributed by atoms with E-state index in [-0.39, 0.29) is 16.8 Å². The number of hydrogen-bond donors (Lipinski definition) is 3. The Morgan fingerprint density at radius 3 is 2.79 bits per heavy atom. The van der Waals surface area contributed by atoms with Gasteiger partial charge < -0.3 is 20.2 Å². The summed E-state index contributed by atoms with van der Waals surface area (Å²) in [4.78, 5) is 17.0. The molecule has 4 rings (SSSR count). The molecule has 148 valence electrons. The summed E-state index contributed by atoms with van der Waals surface area (Å²) in [6.07, 6.45) is 8.39. The minimum atomic E-state index is -0.459. The molecule has 2 amide bonds. The first-order valence-corrected chi connectivity index (χ1v) is 10.2. The van der Waals surface area contributed by atoms with Crippen molar-refractivity contribution in [1.82, 2.24) is 15.6 Å². The van der Waals surface area contributed by atoms with E-state index in [0.717, 1.165) is 35.4 Å². The monoisotopic (exact) mass is 401 g/mol. The summed E-state index contributed by atoms with van der Waals surface area (Å²) < 4.78 is 5.89. The molecule has 1 aromatic heterocycles. The first kappa shape index (κ1) is 18.9. The number of halogens is 1. The molecular formula is C21H24ClN3O3. The molecule has 0 radical (unpaired) electrons. The Balaban J connectivity index is 1.74. The summed E-state index contributed by atoms with van der Waals surface area (Å²) in [7, 11) is 0. The van der Waals surface area contributed by atoms with Gasteiger partial charge in [-0.25, -0.2) is 9.78 Å². The van der Waals surface area contributed by atoms with Crippen LogP contribution in [0.5, 0.6) is 5.75 Å². The molecule has 28 heavy (non-hydrogen) atoms. The van der Waals surface area contributed by atoms with Crippen LogP contribution in [0, 0.1) is 0 Å². The fourth-order valence-electron chi connectivity index (χ4n) is 4.10. The van der Waals surface area contributed by atoms with E-state index in [1.165, 1.54) is 25.3 Å². The van der Waals surface area contributed by atoms with Crippen molar-refractivity contribution in [3.05, 3.63) is 52.3 Å². The van der Waals surface area contributed by atoms with Gasteiger partial charge in [0, 0.05) is 11.6 Å². The van der Waals surface area contributed by atoms with Gasteiger partial charge in [-0.05, 0) is 37.0 Å². The van der Waals surface area contributed by atoms with E-state index in [0.29, 0.717) is 18.2 Å². The number of aromatic nitrogens is 1. The van der Waals surface area contributed by atoms with Gasteiger partial charge in [0.2, 0.25) is 5.89 Å². The number of allylic oxidation sites excluding steroid dienone is 1. The van der Waals surface area contributed by atoms with Gasteiger partial charge in [0.25, 0.3) is 0 Å². The van der Waals surface area contributed by atoms with Crippen molar-refractivity contribution in [3.63, 3.8) is 0 Å². The molecular weight excluding hydrogens is 378 g/mol. The van der Waals surface area contributed by atoms with Crippen LogP contribution in [0.2, 0.25) is 5.02 Å². The number of phenols is 1. The SMILES string of the molecule is CCC1=C(c2nc(C3CCCCC3)co2)C(c2ccc(O)c(Cl)c2)NC(=O)N1. The molecule has 2 aliphatic rings. The second-order valence-electron chi connectivity index (χ2n) is 7.40. The van der Waals surface area contributed by atoms with Gasteiger partial charge in [0.05, 0.1) is 22.3 Å². The summed E-state index contributed by atoms with van der Waals surface area (Å²) >= 11 is 6.11. The topological polar surface area (TPSA) is 87.4 Å². The summed E-state index contributed by atoms with van der Waals surface area (Å²) in [5, 5.41) is 15.8. The molecule has 1 atom stereocenters. The van der Waals surface area contributed by atoms with Gasteiger partial charge in [0.15, 0.2) is 0 Å². The highest BCUT2D eigenvalue weighted by Gasteiger charge is 2.32. The Bertz CT molecular complexity index is 915. The minimum Gasteiger partial charge on any atom is -0.506 e. The number of urea groups is 1. The number of phenolic OH excluding ortho intramolecular Hbond substituents is 1. The number of rotatable bonds is 4. The third kappa shape index (κ3) is 3.61. The molecule has 1 aliphatic carbocycles. The van der Waals surface area contributed by atoms with Gasteiger partial charge >= 0.3 is 6.03 Å². The zero-order chi connectivity index (χ0) is 19.7. The number of benzene rings is 1. The van der Waals surface area contributed by atoms with Crippen molar-refractivity contribution in [2.75, 3.05) is 0 Å². The lowest BCUT2D eigenvalue weighted by molar-refractivity contribution is 0.239. The van der Waals surface area contributed by atoms with E-state index in [1.54, 1.807) is 18.4 Å². The lowest BCUT2D eigenvalue weighted by Gasteiger charge is -2.29. The lowest BCUT2D eigenvalue weighted by Crippen LogP contribution is -2.43. The van der Waals surface area contributed by atoms with Gasteiger partial charge in [-0.15, -0.1) is 0 Å². The predicted octanol–water partition coefficient (Wildman–Crippen LogP) is 5.26. The maximum Gasteiger partial charge on any atom is 0.319 e. The van der Waals surface area contributed by atoms with Crippen LogP contribution in [0.4, 0.5) is 4.79 Å². The molecule has 0 bridgehead atoms. The molecule has 1 saturated carbocycles. The maximum atomic E-state index is 12.2. The van der Waals surface area contributed by atoms with Gasteiger partial charge in [-0.1, -0.05) is 43.9 Å². The normalized spacial score (nSPS) is 20.8. The van der Waals surface area contributed by atoms with Crippen LogP contribution in [-0.4, -0.2) is 16.1 Å². The van der Waals surface area contributed by atoms with Gasteiger partial charge in [0.1, 0.15) is 12.0 Å². The predicted molar refractivity (Wildman–Crippen MR) is 107 cm³/mol. The number of nitrogens with one attached hydrogen (secondary N) is 2. The number of nitrogens with zero attached hydrogens (tertiary/aromatic N) is 1. The number of amides is 2. The van der Waals surface area contributed by atoms with Crippen LogP contribution in [0.1, 0.15) is 74.6 Å². The highest BCUT2D eigenvalue weighted by Crippen LogP contribution is 2.39. The van der Waals surface area contributed by atoms with Crippen molar-refractivity contribution < 1.29 is 14.3 Å². The number of oxazole rings is 1. The largest absolute Gasteiger partial charge is 0.506 e. The first-order valence-electron chi connectivity index (χ1n) is 9.81. The second kappa shape index (κ2) is 7.87. The van der Waals surface area contributed by atoms with E-state index < -0.39 is 6.04 Å². The fraction of sp³-hybridized carbons (Fsp3) is 0.429. The third-order valence-corrected chi connectivity index (χ3v) is 5.89. The van der Waals surface area contributed by atoms with Crippen LogP contribution in [-0.2, 0) is 0 Å². The Hall–Kier alpha value is -2.47. The Morgan fingerprint density at radius 1 is 1.29 bits per heavy atom. The quantitative estimate of drug-likeness (QED) is 0.652. The molecule has 7 heteroatoms. The zero-order valence-corrected chi connectivity index (χ0v) is 16.6. The molecule has 2 heterocycles. The van der Waals surface area contributed by atoms with Crippen LogP contribution < -0.4 is 10.6 Å². The van der Waals surface area contributed by atoms with Crippen molar-refractivity contribution in [3.8, 4) is 5.75 Å². The highest BCUT2D eigenvalue weighted by atomic mass is 35.5. The highest BCUT2D eigenvalue weighted by molar-refractivity contribution is 6.32. The molecule has 1 aromatic carbocycles. The Kier molecular flexibility index (Phi) is 5.31. The summed E-state index contributed by atoms with van der Waals surface area (Å²) in [5.41, 5.74) is 3.31. The standard InChI is InChI=1S/C21H24ClN3O3/c1-2-15-18(20-23-16(11-28-20)12-6-4-3-5-7-12)19(25-21(27)24-15)13-8-9-17(26)14(22)10-13/h8-12,19,26H,2-7H2,1H3,(H2,24,25,27). The molecule has 1 aliphatic heterocycles. The Morgan fingerprint density at radius 2 is 2.07 bits per heavy atom. The summed E-state index contributed by atoms with van der Waals surface area (Å²) in [5.74, 6) is 0.950. The zero-order valence-electron chi connectivity index (χ0n) is 15.8. The van der Waals surface area contributed by atoms with E-state index in [1.807, 2.05) is 6.92 Å². The fourth-order valence-corrected chi connectivity index (χ4v) is 4.29. The third-order valence-electron chi connectivity index (χ3n) is 5.59.